The van der Waals surface area contributed by atoms with Crippen LogP contribution in [0.2, 0.25) is 0 Å². The largest absolute Gasteiger partial charge is 0.456 e. The van der Waals surface area contributed by atoms with Crippen molar-refractivity contribution in [2.24, 2.45) is 0 Å². The number of fused-ring (bicyclic) bond motifs is 8. The molecule has 0 unspecified atom stereocenters. The highest BCUT2D eigenvalue weighted by atomic mass is 16.3. The van der Waals surface area contributed by atoms with Crippen LogP contribution in [0, 0.1) is 0 Å². The summed E-state index contributed by atoms with van der Waals surface area (Å²) in [7, 11) is 0. The third kappa shape index (κ3) is 5.34. The van der Waals surface area contributed by atoms with Gasteiger partial charge in [-0.1, -0.05) is 164 Å². The molecule has 0 saturated carbocycles. The predicted molar refractivity (Wildman–Crippen MR) is 237 cm³/mol. The lowest BCUT2D eigenvalue weighted by atomic mass is 9.93. The van der Waals surface area contributed by atoms with Gasteiger partial charge in [-0.3, -0.25) is 0 Å². The van der Waals surface area contributed by atoms with Crippen LogP contribution in [0.5, 0.6) is 0 Å². The minimum absolute atomic E-state index is 0.890. The monoisotopic (exact) mass is 713 g/mol. The zero-order valence-corrected chi connectivity index (χ0v) is 30.6. The molecule has 0 bridgehead atoms. The number of hydrogen-bond donors (Lipinski definition) is 0. The third-order valence-corrected chi connectivity index (χ3v) is 11.3. The van der Waals surface area contributed by atoms with Crippen LogP contribution in [0.25, 0.3) is 87.6 Å². The Morgan fingerprint density at radius 2 is 0.857 bits per heavy atom. The van der Waals surface area contributed by atoms with Gasteiger partial charge in [0.2, 0.25) is 0 Å². The van der Waals surface area contributed by atoms with Crippen molar-refractivity contribution in [2.45, 2.75) is 0 Å². The molecule has 2 heteroatoms. The Morgan fingerprint density at radius 1 is 0.304 bits per heavy atom. The van der Waals surface area contributed by atoms with Crippen molar-refractivity contribution in [2.75, 3.05) is 4.90 Å². The van der Waals surface area contributed by atoms with E-state index < -0.39 is 0 Å². The van der Waals surface area contributed by atoms with E-state index in [1.54, 1.807) is 0 Å². The number of benzene rings is 10. The molecule has 262 valence electrons. The van der Waals surface area contributed by atoms with Gasteiger partial charge < -0.3 is 9.32 Å². The summed E-state index contributed by atoms with van der Waals surface area (Å²) in [6.07, 6.45) is 0. The second kappa shape index (κ2) is 13.2. The van der Waals surface area contributed by atoms with E-state index in [-0.39, 0.29) is 0 Å². The number of nitrogens with zero attached hydrogens (tertiary/aromatic N) is 1. The highest BCUT2D eigenvalue weighted by Gasteiger charge is 2.21. The molecule has 1 heterocycles. The topological polar surface area (TPSA) is 16.4 Å². The Labute approximate surface area is 325 Å². The normalized spacial score (nSPS) is 11.6. The zero-order chi connectivity index (χ0) is 37.0. The Morgan fingerprint density at radius 3 is 1.64 bits per heavy atom. The molecular weight excluding hydrogens is 679 g/mol. The SMILES string of the molecule is c1ccc(-c2ccc(N(c3ccc(-c4ccc5c(ccc6ccccc65)c4)cc3)c3ccccc3-c3cc4oc5ccccc5c4c4ccccc34)cc2)cc1. The Kier molecular flexibility index (Phi) is 7.53. The molecule has 0 fully saturated rings. The van der Waals surface area contributed by atoms with E-state index >= 15 is 0 Å². The Hall–Kier alpha value is -7.42. The summed E-state index contributed by atoms with van der Waals surface area (Å²) in [6.45, 7) is 0. The van der Waals surface area contributed by atoms with E-state index in [4.69, 9.17) is 4.42 Å². The second-order valence-electron chi connectivity index (χ2n) is 14.5. The lowest BCUT2D eigenvalue weighted by Crippen LogP contribution is -2.11. The van der Waals surface area contributed by atoms with E-state index in [0.29, 0.717) is 0 Å². The summed E-state index contributed by atoms with van der Waals surface area (Å²) in [5.41, 5.74) is 12.1. The van der Waals surface area contributed by atoms with Crippen molar-refractivity contribution in [1.29, 1.82) is 0 Å². The van der Waals surface area contributed by atoms with Crippen LogP contribution >= 0.6 is 0 Å². The average molecular weight is 714 g/mol. The first-order valence-electron chi connectivity index (χ1n) is 19.2. The molecule has 11 aromatic rings. The van der Waals surface area contributed by atoms with Gasteiger partial charge in [-0.2, -0.15) is 0 Å². The molecule has 56 heavy (non-hydrogen) atoms. The maximum absolute atomic E-state index is 6.54. The molecule has 11 rings (SSSR count). The van der Waals surface area contributed by atoms with Crippen LogP contribution in [0.15, 0.2) is 217 Å². The van der Waals surface area contributed by atoms with Gasteiger partial charge >= 0.3 is 0 Å². The highest BCUT2D eigenvalue weighted by molar-refractivity contribution is 6.22. The van der Waals surface area contributed by atoms with E-state index in [2.05, 4.69) is 211 Å². The summed E-state index contributed by atoms with van der Waals surface area (Å²) < 4.78 is 6.54. The molecule has 2 nitrogen and oxygen atoms in total. The molecule has 0 amide bonds. The third-order valence-electron chi connectivity index (χ3n) is 11.3. The average Bonchev–Trinajstić information content (AvgIpc) is 3.66. The molecule has 0 radical (unpaired) electrons. The quantitative estimate of drug-likeness (QED) is 0.160. The number of anilines is 3. The van der Waals surface area contributed by atoms with Crippen LogP contribution in [0.4, 0.5) is 17.1 Å². The minimum atomic E-state index is 0.890. The fraction of sp³-hybridized carbons (Fsp3) is 0. The van der Waals surface area contributed by atoms with Crippen molar-refractivity contribution < 1.29 is 4.42 Å². The van der Waals surface area contributed by atoms with Gasteiger partial charge in [-0.25, -0.2) is 0 Å². The van der Waals surface area contributed by atoms with Gasteiger partial charge in [0.05, 0.1) is 5.69 Å². The van der Waals surface area contributed by atoms with Crippen molar-refractivity contribution in [1.82, 2.24) is 0 Å². The minimum Gasteiger partial charge on any atom is -0.456 e. The van der Waals surface area contributed by atoms with Crippen LogP contribution in [0.1, 0.15) is 0 Å². The Bertz CT molecular complexity index is 3230. The smallest absolute Gasteiger partial charge is 0.136 e. The predicted octanol–water partition coefficient (Wildman–Crippen LogP) is 15.5. The number of hydrogen-bond acceptors (Lipinski definition) is 2. The standard InChI is InChI=1S/C54H35NO/c1-2-12-36(13-3-1)37-24-29-42(30-25-37)55(43-31-26-38(27-32-43)40-28-33-45-41(34-40)23-22-39-14-4-5-15-44(39)45)51-20-10-8-17-47(51)50-35-53-54(48-18-7-6-16-46(48)50)49-19-9-11-21-52(49)56-53/h1-35H. The first-order chi connectivity index (χ1) is 27.8. The van der Waals surface area contributed by atoms with Gasteiger partial charge in [0.15, 0.2) is 0 Å². The van der Waals surface area contributed by atoms with Crippen LogP contribution in [0.3, 0.4) is 0 Å². The van der Waals surface area contributed by atoms with Gasteiger partial charge in [0.1, 0.15) is 11.2 Å². The molecule has 0 aliphatic carbocycles. The van der Waals surface area contributed by atoms with Gasteiger partial charge in [0.25, 0.3) is 0 Å². The molecule has 0 atom stereocenters. The molecule has 0 aliphatic rings. The van der Waals surface area contributed by atoms with Crippen LogP contribution in [-0.2, 0) is 0 Å². The van der Waals surface area contributed by atoms with Gasteiger partial charge in [0, 0.05) is 27.7 Å². The fourth-order valence-electron chi connectivity index (χ4n) is 8.56. The maximum atomic E-state index is 6.54. The first kappa shape index (κ1) is 32.0. The summed E-state index contributed by atoms with van der Waals surface area (Å²) in [4.78, 5) is 2.39. The number of para-hydroxylation sites is 2. The fourth-order valence-corrected chi connectivity index (χ4v) is 8.56. The van der Waals surface area contributed by atoms with Crippen molar-refractivity contribution in [3.63, 3.8) is 0 Å². The Balaban J connectivity index is 1.07. The van der Waals surface area contributed by atoms with Crippen molar-refractivity contribution in [3.8, 4) is 33.4 Å². The number of furan rings is 1. The molecule has 1 aromatic heterocycles. The summed E-state index contributed by atoms with van der Waals surface area (Å²) >= 11 is 0. The van der Waals surface area contributed by atoms with E-state index in [1.165, 1.54) is 54.6 Å². The highest BCUT2D eigenvalue weighted by Crippen LogP contribution is 2.46. The molecule has 0 spiro atoms. The summed E-state index contributed by atoms with van der Waals surface area (Å²) in [5, 5.41) is 9.74. The molecule has 10 aromatic carbocycles. The van der Waals surface area contributed by atoms with E-state index in [9.17, 15) is 0 Å². The first-order valence-corrected chi connectivity index (χ1v) is 19.2. The maximum Gasteiger partial charge on any atom is 0.136 e. The lowest BCUT2D eigenvalue weighted by Gasteiger charge is -2.28. The van der Waals surface area contributed by atoms with Crippen molar-refractivity contribution >= 4 is 71.3 Å². The molecular formula is C54H35NO. The van der Waals surface area contributed by atoms with Crippen molar-refractivity contribution in [3.05, 3.63) is 212 Å². The number of rotatable bonds is 6. The summed E-state index contributed by atoms with van der Waals surface area (Å²) in [6, 6.07) is 76.4. The van der Waals surface area contributed by atoms with E-state index in [1.807, 2.05) is 6.07 Å². The summed E-state index contributed by atoms with van der Waals surface area (Å²) in [5.74, 6) is 0. The molecule has 0 N–H and O–H groups in total. The molecule has 0 saturated heterocycles. The zero-order valence-electron chi connectivity index (χ0n) is 30.6. The van der Waals surface area contributed by atoms with Gasteiger partial charge in [-0.15, -0.1) is 0 Å². The van der Waals surface area contributed by atoms with Gasteiger partial charge in [-0.05, 0) is 109 Å². The van der Waals surface area contributed by atoms with Crippen LogP contribution in [-0.4, -0.2) is 0 Å². The molecule has 0 aliphatic heterocycles. The second-order valence-corrected chi connectivity index (χ2v) is 14.5. The lowest BCUT2D eigenvalue weighted by molar-refractivity contribution is 0.669. The van der Waals surface area contributed by atoms with E-state index in [0.717, 1.165) is 50.1 Å². The van der Waals surface area contributed by atoms with Crippen LogP contribution < -0.4 is 4.90 Å².